The van der Waals surface area contributed by atoms with E-state index in [0.29, 0.717) is 0 Å². The van der Waals surface area contributed by atoms with Crippen molar-refractivity contribution < 1.29 is 9.53 Å². The summed E-state index contributed by atoms with van der Waals surface area (Å²) < 4.78 is 7.24. The van der Waals surface area contributed by atoms with Crippen molar-refractivity contribution in [3.63, 3.8) is 0 Å². The Labute approximate surface area is 156 Å². The first kappa shape index (κ1) is 16.7. The lowest BCUT2D eigenvalue weighted by Crippen LogP contribution is -2.01. The molecule has 4 aromatic rings. The van der Waals surface area contributed by atoms with Gasteiger partial charge in [0, 0.05) is 41.3 Å². The second-order valence-electron chi connectivity index (χ2n) is 6.00. The number of aromatic nitrogens is 3. The van der Waals surface area contributed by atoms with Gasteiger partial charge in [0.1, 0.15) is 6.61 Å². The van der Waals surface area contributed by atoms with E-state index in [2.05, 4.69) is 9.97 Å². The molecule has 5 heteroatoms. The monoisotopic (exact) mass is 355 g/mol. The lowest BCUT2D eigenvalue weighted by Gasteiger charge is -2.05. The summed E-state index contributed by atoms with van der Waals surface area (Å²) in [6.07, 6.45) is 10.3. The Hall–Kier alpha value is -3.73. The van der Waals surface area contributed by atoms with Crippen LogP contribution in [0.4, 0.5) is 0 Å². The zero-order chi connectivity index (χ0) is 18.5. The van der Waals surface area contributed by atoms with Crippen LogP contribution in [0.3, 0.4) is 0 Å². The van der Waals surface area contributed by atoms with Crippen LogP contribution in [0.2, 0.25) is 0 Å². The highest BCUT2D eigenvalue weighted by Crippen LogP contribution is 2.17. The molecule has 0 fully saturated rings. The van der Waals surface area contributed by atoms with Crippen LogP contribution in [-0.4, -0.2) is 20.5 Å². The van der Waals surface area contributed by atoms with Crippen LogP contribution >= 0.6 is 0 Å². The fourth-order valence-electron chi connectivity index (χ4n) is 2.80. The fourth-order valence-corrected chi connectivity index (χ4v) is 2.80. The third-order valence-electron chi connectivity index (χ3n) is 4.18. The second kappa shape index (κ2) is 7.66. The molecular weight excluding hydrogens is 338 g/mol. The maximum absolute atomic E-state index is 12.0. The standard InChI is InChI=1S/C22H17N3O2/c26-21(11-8-19-4-1-3-18-5-2-12-24-22(18)19)27-15-17-6-9-20(10-7-17)25-14-13-23-16-25/h1-14,16H,15H2/b11-8+. The van der Waals surface area contributed by atoms with Crippen molar-refractivity contribution in [1.29, 1.82) is 0 Å². The first-order valence-corrected chi connectivity index (χ1v) is 8.55. The van der Waals surface area contributed by atoms with Crippen LogP contribution in [0.25, 0.3) is 22.7 Å². The number of hydrogen-bond acceptors (Lipinski definition) is 4. The van der Waals surface area contributed by atoms with Crippen molar-refractivity contribution >= 4 is 22.9 Å². The van der Waals surface area contributed by atoms with Gasteiger partial charge in [-0.05, 0) is 29.8 Å². The molecule has 0 spiro atoms. The Morgan fingerprint density at radius 3 is 2.70 bits per heavy atom. The SMILES string of the molecule is O=C(/C=C/c1cccc2cccnc12)OCc1ccc(-n2ccnc2)cc1. The van der Waals surface area contributed by atoms with Crippen molar-refractivity contribution in [3.05, 3.63) is 96.7 Å². The van der Waals surface area contributed by atoms with Gasteiger partial charge in [0.25, 0.3) is 0 Å². The number of ether oxygens (including phenoxy) is 1. The molecule has 0 atom stereocenters. The highest BCUT2D eigenvalue weighted by atomic mass is 16.5. The van der Waals surface area contributed by atoms with Crippen LogP contribution < -0.4 is 0 Å². The molecule has 0 amide bonds. The summed E-state index contributed by atoms with van der Waals surface area (Å²) >= 11 is 0. The number of para-hydroxylation sites is 1. The third kappa shape index (κ3) is 3.93. The molecule has 0 radical (unpaired) electrons. The Morgan fingerprint density at radius 2 is 1.89 bits per heavy atom. The summed E-state index contributed by atoms with van der Waals surface area (Å²) in [4.78, 5) is 20.4. The summed E-state index contributed by atoms with van der Waals surface area (Å²) in [6.45, 7) is 0.223. The van der Waals surface area contributed by atoms with E-state index in [0.717, 1.165) is 27.7 Å². The lowest BCUT2D eigenvalue weighted by atomic mass is 10.1. The van der Waals surface area contributed by atoms with Gasteiger partial charge in [-0.25, -0.2) is 9.78 Å². The van der Waals surface area contributed by atoms with Gasteiger partial charge in [-0.2, -0.15) is 0 Å². The van der Waals surface area contributed by atoms with E-state index in [-0.39, 0.29) is 12.6 Å². The average Bonchev–Trinajstić information content (AvgIpc) is 3.26. The number of pyridine rings is 1. The largest absolute Gasteiger partial charge is 0.458 e. The quantitative estimate of drug-likeness (QED) is 0.398. The summed E-state index contributed by atoms with van der Waals surface area (Å²) in [5.41, 5.74) is 3.67. The van der Waals surface area contributed by atoms with Gasteiger partial charge in [0.15, 0.2) is 0 Å². The van der Waals surface area contributed by atoms with Gasteiger partial charge in [0.2, 0.25) is 0 Å². The predicted octanol–water partition coefficient (Wildman–Crippen LogP) is 4.18. The summed E-state index contributed by atoms with van der Waals surface area (Å²) in [6, 6.07) is 17.5. The molecule has 0 saturated carbocycles. The minimum atomic E-state index is -0.387. The van der Waals surface area contributed by atoms with Crippen molar-refractivity contribution in [2.75, 3.05) is 0 Å². The van der Waals surface area contributed by atoms with E-state index in [4.69, 9.17) is 4.74 Å². The van der Waals surface area contributed by atoms with Gasteiger partial charge in [0.05, 0.1) is 11.8 Å². The summed E-state index contributed by atoms with van der Waals surface area (Å²) in [7, 11) is 0. The molecule has 2 aromatic carbocycles. The molecule has 132 valence electrons. The van der Waals surface area contributed by atoms with Gasteiger partial charge >= 0.3 is 5.97 Å². The number of rotatable bonds is 5. The van der Waals surface area contributed by atoms with E-state index in [1.54, 1.807) is 24.8 Å². The number of carbonyl (C=O) groups excluding carboxylic acids is 1. The van der Waals surface area contributed by atoms with Gasteiger partial charge in [-0.3, -0.25) is 4.98 Å². The van der Waals surface area contributed by atoms with Crippen LogP contribution in [0, 0.1) is 0 Å². The van der Waals surface area contributed by atoms with Crippen LogP contribution in [-0.2, 0) is 16.1 Å². The molecule has 4 rings (SSSR count). The third-order valence-corrected chi connectivity index (χ3v) is 4.18. The lowest BCUT2D eigenvalue weighted by molar-refractivity contribution is -0.138. The topological polar surface area (TPSA) is 57.0 Å². The molecule has 0 aliphatic rings. The van der Waals surface area contributed by atoms with Crippen LogP contribution in [0.15, 0.2) is 85.6 Å². The van der Waals surface area contributed by atoms with Crippen LogP contribution in [0.5, 0.6) is 0 Å². The minimum Gasteiger partial charge on any atom is -0.458 e. The Balaban J connectivity index is 1.39. The van der Waals surface area contributed by atoms with E-state index >= 15 is 0 Å². The number of nitrogens with zero attached hydrogens (tertiary/aromatic N) is 3. The molecule has 5 nitrogen and oxygen atoms in total. The maximum atomic E-state index is 12.0. The molecule has 27 heavy (non-hydrogen) atoms. The Morgan fingerprint density at radius 1 is 1.04 bits per heavy atom. The smallest absolute Gasteiger partial charge is 0.331 e. The van der Waals surface area contributed by atoms with E-state index in [1.165, 1.54) is 6.08 Å². The van der Waals surface area contributed by atoms with Gasteiger partial charge < -0.3 is 9.30 Å². The Bertz CT molecular complexity index is 1080. The minimum absolute atomic E-state index is 0.223. The second-order valence-corrected chi connectivity index (χ2v) is 6.00. The van der Waals surface area contributed by atoms with Crippen molar-refractivity contribution in [2.45, 2.75) is 6.61 Å². The van der Waals surface area contributed by atoms with Crippen LogP contribution in [0.1, 0.15) is 11.1 Å². The molecule has 2 heterocycles. The van der Waals surface area contributed by atoms with Gasteiger partial charge in [-0.1, -0.05) is 36.4 Å². The summed E-state index contributed by atoms with van der Waals surface area (Å²) in [5, 5.41) is 1.03. The number of carbonyl (C=O) groups is 1. The highest BCUT2D eigenvalue weighted by molar-refractivity contribution is 5.92. The molecule has 0 bridgehead atoms. The zero-order valence-electron chi connectivity index (χ0n) is 14.5. The molecule has 0 N–H and O–H groups in total. The fraction of sp³-hybridized carbons (Fsp3) is 0.0455. The highest BCUT2D eigenvalue weighted by Gasteiger charge is 2.02. The molecule has 0 saturated heterocycles. The molecular formula is C22H17N3O2. The molecule has 0 unspecified atom stereocenters. The van der Waals surface area contributed by atoms with E-state index in [9.17, 15) is 4.79 Å². The maximum Gasteiger partial charge on any atom is 0.331 e. The number of fused-ring (bicyclic) bond motifs is 1. The first-order valence-electron chi connectivity index (χ1n) is 8.55. The summed E-state index contributed by atoms with van der Waals surface area (Å²) in [5.74, 6) is -0.387. The van der Waals surface area contributed by atoms with Crippen molar-refractivity contribution in [1.82, 2.24) is 14.5 Å². The zero-order valence-corrected chi connectivity index (χ0v) is 14.5. The number of hydrogen-bond donors (Lipinski definition) is 0. The van der Waals surface area contributed by atoms with Gasteiger partial charge in [-0.15, -0.1) is 0 Å². The Kier molecular flexibility index (Phi) is 4.74. The molecule has 0 aliphatic heterocycles. The normalized spacial score (nSPS) is 11.1. The van der Waals surface area contributed by atoms with E-state index in [1.807, 2.05) is 65.4 Å². The number of esters is 1. The number of benzene rings is 2. The van der Waals surface area contributed by atoms with E-state index < -0.39 is 0 Å². The number of imidazole rings is 1. The predicted molar refractivity (Wildman–Crippen MR) is 104 cm³/mol. The van der Waals surface area contributed by atoms with Crippen molar-refractivity contribution in [3.8, 4) is 5.69 Å². The van der Waals surface area contributed by atoms with Crippen molar-refractivity contribution in [2.24, 2.45) is 0 Å². The molecule has 0 aliphatic carbocycles. The molecule has 2 aromatic heterocycles. The first-order chi connectivity index (χ1) is 13.3. The average molecular weight is 355 g/mol.